The highest BCUT2D eigenvalue weighted by molar-refractivity contribution is 7.89. The molecule has 0 saturated carbocycles. The Bertz CT molecular complexity index is 605. The van der Waals surface area contributed by atoms with E-state index < -0.39 is 10.0 Å². The van der Waals surface area contributed by atoms with Crippen molar-refractivity contribution in [1.29, 1.82) is 0 Å². The molecule has 1 aromatic heterocycles. The molecule has 1 aromatic rings. The zero-order valence-electron chi connectivity index (χ0n) is 12.0. The Hall–Kier alpha value is -1.46. The molecule has 0 aliphatic carbocycles. The largest absolute Gasteiger partial charge is 0.395 e. The maximum Gasteiger partial charge on any atom is 0.244 e. The van der Waals surface area contributed by atoms with E-state index in [4.69, 9.17) is 10.2 Å². The first kappa shape index (κ1) is 17.6. The van der Waals surface area contributed by atoms with Gasteiger partial charge in [0.15, 0.2) is 0 Å². The van der Waals surface area contributed by atoms with Gasteiger partial charge in [0.25, 0.3) is 0 Å². The lowest BCUT2D eigenvalue weighted by molar-refractivity contribution is 0.252. The lowest BCUT2D eigenvalue weighted by Gasteiger charge is -2.20. The van der Waals surface area contributed by atoms with E-state index in [1.54, 1.807) is 0 Å². The molecule has 0 amide bonds. The Morgan fingerprint density at radius 2 is 2.05 bits per heavy atom. The molecule has 7 heteroatoms. The van der Waals surface area contributed by atoms with Gasteiger partial charge in [-0.15, -0.1) is 0 Å². The molecule has 0 aromatic carbocycles. The topological polar surface area (TPSA) is 90.7 Å². The van der Waals surface area contributed by atoms with Crippen LogP contribution in [0.4, 0.5) is 0 Å². The number of aliphatic hydroxyl groups is 2. The van der Waals surface area contributed by atoms with Crippen LogP contribution >= 0.6 is 0 Å². The van der Waals surface area contributed by atoms with Crippen molar-refractivity contribution in [3.8, 4) is 11.8 Å². The number of pyridine rings is 1. The van der Waals surface area contributed by atoms with Gasteiger partial charge in [0.05, 0.1) is 6.61 Å². The van der Waals surface area contributed by atoms with E-state index in [-0.39, 0.29) is 24.7 Å². The van der Waals surface area contributed by atoms with Crippen LogP contribution < -0.4 is 0 Å². The van der Waals surface area contributed by atoms with E-state index in [1.165, 1.54) is 22.8 Å². The van der Waals surface area contributed by atoms with Crippen molar-refractivity contribution in [2.75, 3.05) is 26.3 Å². The number of aromatic nitrogens is 1. The minimum Gasteiger partial charge on any atom is -0.395 e. The molecular weight excluding hydrogens is 292 g/mol. The van der Waals surface area contributed by atoms with Crippen LogP contribution in [0, 0.1) is 11.8 Å². The number of nitrogens with zero attached hydrogens (tertiary/aromatic N) is 2. The van der Waals surface area contributed by atoms with Crippen LogP contribution in [0.3, 0.4) is 0 Å². The molecule has 0 aliphatic rings. The lowest BCUT2D eigenvalue weighted by atomic mass is 10.3. The van der Waals surface area contributed by atoms with Crippen molar-refractivity contribution in [3.63, 3.8) is 0 Å². The molecule has 6 nitrogen and oxygen atoms in total. The van der Waals surface area contributed by atoms with Gasteiger partial charge in [0.2, 0.25) is 10.0 Å². The first-order valence-electron chi connectivity index (χ1n) is 6.72. The van der Waals surface area contributed by atoms with E-state index in [2.05, 4.69) is 16.8 Å². The van der Waals surface area contributed by atoms with Gasteiger partial charge in [0.1, 0.15) is 11.5 Å². The van der Waals surface area contributed by atoms with Gasteiger partial charge in [-0.05, 0) is 12.5 Å². The Morgan fingerprint density at radius 3 is 2.67 bits per heavy atom. The third kappa shape index (κ3) is 5.10. The maximum absolute atomic E-state index is 12.5. The van der Waals surface area contributed by atoms with Crippen LogP contribution in [0.15, 0.2) is 23.4 Å². The zero-order chi connectivity index (χ0) is 15.7. The first-order valence-corrected chi connectivity index (χ1v) is 8.16. The summed E-state index contributed by atoms with van der Waals surface area (Å²) in [6.07, 6.45) is 4.27. The molecule has 0 aliphatic heterocycles. The van der Waals surface area contributed by atoms with Crippen molar-refractivity contribution in [2.45, 2.75) is 24.7 Å². The van der Waals surface area contributed by atoms with Crippen molar-refractivity contribution < 1.29 is 18.6 Å². The molecule has 1 rings (SSSR count). The predicted octanol–water partition coefficient (Wildman–Crippen LogP) is 0.208. The normalized spacial score (nSPS) is 11.2. The van der Waals surface area contributed by atoms with E-state index >= 15 is 0 Å². The molecule has 116 valence electrons. The van der Waals surface area contributed by atoms with E-state index in [1.807, 2.05) is 6.92 Å². The fraction of sp³-hybridized carbons (Fsp3) is 0.500. The van der Waals surface area contributed by atoms with Gasteiger partial charge >= 0.3 is 0 Å². The van der Waals surface area contributed by atoms with Crippen LogP contribution in [-0.4, -0.2) is 54.2 Å². The summed E-state index contributed by atoms with van der Waals surface area (Å²) in [4.78, 5) is 3.91. The highest BCUT2D eigenvalue weighted by Crippen LogP contribution is 2.16. The third-order valence-electron chi connectivity index (χ3n) is 2.77. The number of rotatable bonds is 7. The lowest BCUT2D eigenvalue weighted by Crippen LogP contribution is -2.34. The van der Waals surface area contributed by atoms with Crippen LogP contribution in [0.25, 0.3) is 0 Å². The van der Waals surface area contributed by atoms with Crippen LogP contribution in [-0.2, 0) is 10.0 Å². The third-order valence-corrected chi connectivity index (χ3v) is 4.64. The predicted molar refractivity (Wildman–Crippen MR) is 79.0 cm³/mol. The van der Waals surface area contributed by atoms with Gasteiger partial charge in [0, 0.05) is 31.0 Å². The van der Waals surface area contributed by atoms with Crippen molar-refractivity contribution >= 4 is 10.0 Å². The van der Waals surface area contributed by atoms with Gasteiger partial charge in [-0.1, -0.05) is 25.2 Å². The smallest absolute Gasteiger partial charge is 0.244 e. The highest BCUT2D eigenvalue weighted by atomic mass is 32.2. The second-order valence-electron chi connectivity index (χ2n) is 4.35. The van der Waals surface area contributed by atoms with Gasteiger partial charge < -0.3 is 10.2 Å². The van der Waals surface area contributed by atoms with Crippen molar-refractivity contribution in [1.82, 2.24) is 9.29 Å². The van der Waals surface area contributed by atoms with Crippen LogP contribution in [0.5, 0.6) is 0 Å². The summed E-state index contributed by atoms with van der Waals surface area (Å²) in [5.74, 6) is 5.08. The minimum absolute atomic E-state index is 0.0387. The number of hydrogen-bond donors (Lipinski definition) is 2. The summed E-state index contributed by atoms with van der Waals surface area (Å²) < 4.78 is 26.3. The standard InChI is InChI=1S/C14H20N2O4S/c1-2-3-6-16(7-9-18)21(19,20)14-10-13(5-4-8-17)11-15-12-14/h10-12,17-18H,2-3,6-9H2,1H3. The number of aliphatic hydroxyl groups excluding tert-OH is 2. The summed E-state index contributed by atoms with van der Waals surface area (Å²) in [7, 11) is -3.70. The van der Waals surface area contributed by atoms with Crippen LogP contribution in [0.1, 0.15) is 25.3 Å². The van der Waals surface area contributed by atoms with Gasteiger partial charge in [-0.2, -0.15) is 4.31 Å². The van der Waals surface area contributed by atoms with E-state index in [0.717, 1.165) is 12.8 Å². The fourth-order valence-corrected chi connectivity index (χ4v) is 3.18. The number of unbranched alkanes of at least 4 members (excludes halogenated alkanes) is 1. The molecule has 0 radical (unpaired) electrons. The average molecular weight is 312 g/mol. The summed E-state index contributed by atoms with van der Waals surface area (Å²) in [5, 5.41) is 17.7. The monoisotopic (exact) mass is 312 g/mol. The molecule has 0 unspecified atom stereocenters. The van der Waals surface area contributed by atoms with Crippen molar-refractivity contribution in [2.24, 2.45) is 0 Å². The molecule has 0 atom stereocenters. The molecule has 0 bridgehead atoms. The SMILES string of the molecule is CCCCN(CCO)S(=O)(=O)c1cncc(C#CCO)c1. The van der Waals surface area contributed by atoms with Gasteiger partial charge in [-0.3, -0.25) is 4.98 Å². The second-order valence-corrected chi connectivity index (χ2v) is 6.29. The van der Waals surface area contributed by atoms with E-state index in [0.29, 0.717) is 12.1 Å². The molecule has 2 N–H and O–H groups in total. The zero-order valence-corrected chi connectivity index (χ0v) is 12.8. The Balaban J connectivity index is 3.09. The summed E-state index contributed by atoms with van der Waals surface area (Å²) in [5.41, 5.74) is 0.421. The Kier molecular flexibility index (Phi) is 7.32. The number of sulfonamides is 1. The van der Waals surface area contributed by atoms with Gasteiger partial charge in [-0.25, -0.2) is 8.42 Å². The Labute approximate surface area is 125 Å². The molecule has 21 heavy (non-hydrogen) atoms. The summed E-state index contributed by atoms with van der Waals surface area (Å²) >= 11 is 0. The fourth-order valence-electron chi connectivity index (χ4n) is 1.72. The number of hydrogen-bond acceptors (Lipinski definition) is 5. The van der Waals surface area contributed by atoms with Crippen LogP contribution in [0.2, 0.25) is 0 Å². The second kappa shape index (κ2) is 8.74. The van der Waals surface area contributed by atoms with E-state index in [9.17, 15) is 8.42 Å². The molecule has 1 heterocycles. The molecular formula is C14H20N2O4S. The summed E-state index contributed by atoms with van der Waals surface area (Å²) in [6.45, 7) is 1.84. The quantitative estimate of drug-likeness (QED) is 0.702. The van der Waals surface area contributed by atoms with Crippen molar-refractivity contribution in [3.05, 3.63) is 24.0 Å². The average Bonchev–Trinajstić information content (AvgIpc) is 2.49. The minimum atomic E-state index is -3.70. The Morgan fingerprint density at radius 1 is 1.29 bits per heavy atom. The molecule has 0 spiro atoms. The molecule has 0 fully saturated rings. The molecule has 0 saturated heterocycles. The maximum atomic E-state index is 12.5. The highest BCUT2D eigenvalue weighted by Gasteiger charge is 2.24. The summed E-state index contributed by atoms with van der Waals surface area (Å²) in [6, 6.07) is 1.42. The first-order chi connectivity index (χ1) is 10.1.